The van der Waals surface area contributed by atoms with Crippen molar-refractivity contribution in [3.8, 4) is 0 Å². The molecule has 2 aliphatic rings. The summed E-state index contributed by atoms with van der Waals surface area (Å²) in [5.74, 6) is 0.438. The minimum Gasteiger partial charge on any atom is -0.418 e. The summed E-state index contributed by atoms with van der Waals surface area (Å²) < 4.78 is 5.89. The third-order valence-corrected chi connectivity index (χ3v) is 4.41. The van der Waals surface area contributed by atoms with E-state index in [1.807, 2.05) is 12.2 Å². The Hall–Kier alpha value is -0.500. The Labute approximate surface area is 155 Å². The molecule has 114 valence electrons. The van der Waals surface area contributed by atoms with Crippen LogP contribution >= 0.6 is 0 Å². The Kier molecular flexibility index (Phi) is 8.53. The molecule has 0 saturated carbocycles. The molecule has 1 aromatic rings. The van der Waals surface area contributed by atoms with Crippen LogP contribution in [0.1, 0.15) is 29.9 Å². The van der Waals surface area contributed by atoms with Crippen LogP contribution in [0.2, 0.25) is 19.6 Å². The van der Waals surface area contributed by atoms with Gasteiger partial charge >= 0.3 is 26.2 Å². The van der Waals surface area contributed by atoms with Crippen LogP contribution in [0.25, 0.3) is 6.08 Å². The van der Waals surface area contributed by atoms with Gasteiger partial charge in [-0.1, -0.05) is 24.1 Å². The third-order valence-electron chi connectivity index (χ3n) is 3.34. The van der Waals surface area contributed by atoms with Crippen LogP contribution < -0.4 is 0 Å². The van der Waals surface area contributed by atoms with E-state index in [0.717, 1.165) is 19.4 Å². The summed E-state index contributed by atoms with van der Waals surface area (Å²) >= 11 is 0. The van der Waals surface area contributed by atoms with E-state index in [9.17, 15) is 0 Å². The molecule has 0 aliphatic heterocycles. The van der Waals surface area contributed by atoms with Gasteiger partial charge in [-0.05, 0) is 26.1 Å². The van der Waals surface area contributed by atoms with Crippen LogP contribution in [0.5, 0.6) is 0 Å². The van der Waals surface area contributed by atoms with Gasteiger partial charge in [0.1, 0.15) is 0 Å². The zero-order valence-electron chi connectivity index (χ0n) is 13.7. The molecule has 0 amide bonds. The first-order valence-electron chi connectivity index (χ1n) is 7.60. The first-order chi connectivity index (χ1) is 10.1. The molecule has 0 bridgehead atoms. The van der Waals surface area contributed by atoms with Gasteiger partial charge in [-0.2, -0.15) is 11.6 Å². The molecule has 3 rings (SSSR count). The number of allylic oxidation sites excluding steroid dienone is 5. The second-order valence-electron chi connectivity index (χ2n) is 6.25. The molecule has 0 heterocycles. The van der Waals surface area contributed by atoms with Crippen molar-refractivity contribution >= 4 is 14.4 Å². The third kappa shape index (κ3) is 6.73. The Morgan fingerprint density at radius 2 is 2.00 bits per heavy atom. The summed E-state index contributed by atoms with van der Waals surface area (Å²) in [4.78, 5) is 0. The van der Waals surface area contributed by atoms with Gasteiger partial charge in [0.2, 0.25) is 0 Å². The molecule has 0 fully saturated rings. The normalized spacial score (nSPS) is 17.7. The fourth-order valence-corrected chi connectivity index (χ4v) is 3.03. The summed E-state index contributed by atoms with van der Waals surface area (Å²) in [5.41, 5.74) is 2.72. The first kappa shape index (κ1) is 19.5. The van der Waals surface area contributed by atoms with Crippen molar-refractivity contribution in [1.82, 2.24) is 0 Å². The maximum absolute atomic E-state index is 5.89. The number of rotatable bonds is 4. The average molecular weight is 388 g/mol. The summed E-state index contributed by atoms with van der Waals surface area (Å²) in [6, 6.07) is 8.54. The van der Waals surface area contributed by atoms with E-state index in [1.54, 1.807) is 0 Å². The number of hydrogen-bond acceptors (Lipinski definition) is 1. The molecule has 3 heteroatoms. The van der Waals surface area contributed by atoms with Crippen molar-refractivity contribution in [3.63, 3.8) is 0 Å². The molecule has 22 heavy (non-hydrogen) atoms. The summed E-state index contributed by atoms with van der Waals surface area (Å²) in [7, 11) is -1.36. The Balaban J connectivity index is 0.000000344. The summed E-state index contributed by atoms with van der Waals surface area (Å²) in [5, 5.41) is 0. The zero-order chi connectivity index (χ0) is 15.1. The van der Waals surface area contributed by atoms with Crippen LogP contribution in [-0.4, -0.2) is 14.9 Å². The van der Waals surface area contributed by atoms with E-state index in [2.05, 4.69) is 68.2 Å². The van der Waals surface area contributed by atoms with E-state index in [1.165, 1.54) is 11.1 Å². The fourth-order valence-electron chi connectivity index (χ4n) is 2.30. The fraction of sp³-hybridized carbons (Fsp3) is 0.368. The Bertz CT molecular complexity index is 531. The molecule has 1 aromatic carbocycles. The molecule has 1 nitrogen and oxygen atoms in total. The van der Waals surface area contributed by atoms with E-state index >= 15 is 0 Å². The van der Waals surface area contributed by atoms with Crippen molar-refractivity contribution in [2.45, 2.75) is 38.4 Å². The van der Waals surface area contributed by atoms with Crippen molar-refractivity contribution in [3.05, 3.63) is 65.8 Å². The molecule has 0 aromatic heterocycles. The quantitative estimate of drug-likeness (QED) is 0.513. The Morgan fingerprint density at radius 1 is 1.23 bits per heavy atom. The van der Waals surface area contributed by atoms with Crippen LogP contribution in [0.4, 0.5) is 0 Å². The largest absolute Gasteiger partial charge is 2.00 e. The van der Waals surface area contributed by atoms with Gasteiger partial charge in [-0.25, -0.2) is 18.2 Å². The van der Waals surface area contributed by atoms with Gasteiger partial charge in [0.05, 0.1) is 0 Å². The van der Waals surface area contributed by atoms with Gasteiger partial charge in [0.25, 0.3) is 0 Å². The second kappa shape index (κ2) is 9.60. The minimum absolute atomic E-state index is 0. The maximum atomic E-state index is 5.89. The molecular formula is C19H24OSiZr. The topological polar surface area (TPSA) is 9.23 Å². The predicted molar refractivity (Wildman–Crippen MR) is 92.4 cm³/mol. The molecule has 0 saturated heterocycles. The van der Waals surface area contributed by atoms with Gasteiger partial charge in [0, 0.05) is 6.61 Å². The standard InChI is InChI=1S/C14H19OSi.C5H5.Zr/c1-16(2,3)15-11-10-13-9-8-12-6-4-5-7-14(12)13;1-2-4-5-3-1;/h4-8,13H,10-11H2,1-3H3;1-3H,4H2;/q2*-1;+2. The van der Waals surface area contributed by atoms with Crippen LogP contribution in [0.3, 0.4) is 0 Å². The molecular weight excluding hydrogens is 364 g/mol. The van der Waals surface area contributed by atoms with Crippen LogP contribution in [0, 0.1) is 12.2 Å². The number of benzene rings is 1. The smallest absolute Gasteiger partial charge is 0.418 e. The van der Waals surface area contributed by atoms with Crippen LogP contribution in [-0.2, 0) is 30.6 Å². The molecule has 0 radical (unpaired) electrons. The predicted octanol–water partition coefficient (Wildman–Crippen LogP) is 5.14. The minimum atomic E-state index is -1.36. The van der Waals surface area contributed by atoms with Crippen molar-refractivity contribution < 1.29 is 30.6 Å². The number of hydrogen-bond donors (Lipinski definition) is 0. The van der Waals surface area contributed by atoms with E-state index < -0.39 is 8.32 Å². The monoisotopic (exact) mass is 386 g/mol. The zero-order valence-corrected chi connectivity index (χ0v) is 17.2. The molecule has 2 aliphatic carbocycles. The number of fused-ring (bicyclic) bond motifs is 1. The van der Waals surface area contributed by atoms with Crippen molar-refractivity contribution in [1.29, 1.82) is 0 Å². The van der Waals surface area contributed by atoms with Crippen molar-refractivity contribution in [2.75, 3.05) is 6.61 Å². The van der Waals surface area contributed by atoms with E-state index in [0.29, 0.717) is 5.92 Å². The molecule has 0 spiro atoms. The first-order valence-corrected chi connectivity index (χ1v) is 11.0. The SMILES string of the molecule is C[Si](C)(C)OCCC1[C-]=Cc2ccccc21.[C-]1=CC=CC1.[Zr+2]. The van der Waals surface area contributed by atoms with Gasteiger partial charge in [-0.3, -0.25) is 12.2 Å². The summed E-state index contributed by atoms with van der Waals surface area (Å²) in [6.45, 7) is 7.55. The van der Waals surface area contributed by atoms with Crippen molar-refractivity contribution in [2.24, 2.45) is 0 Å². The maximum Gasteiger partial charge on any atom is 2.00 e. The van der Waals surface area contributed by atoms with Gasteiger partial charge in [0.15, 0.2) is 8.32 Å². The van der Waals surface area contributed by atoms with Gasteiger partial charge in [-0.15, -0.1) is 18.1 Å². The Morgan fingerprint density at radius 3 is 2.59 bits per heavy atom. The van der Waals surface area contributed by atoms with Gasteiger partial charge < -0.3 is 4.43 Å². The molecule has 1 atom stereocenters. The molecule has 0 N–H and O–H groups in total. The van der Waals surface area contributed by atoms with E-state index in [4.69, 9.17) is 4.43 Å². The second-order valence-corrected chi connectivity index (χ2v) is 10.8. The van der Waals surface area contributed by atoms with Crippen LogP contribution in [0.15, 0.2) is 42.5 Å². The summed E-state index contributed by atoms with van der Waals surface area (Å²) in [6.07, 6.45) is 16.6. The average Bonchev–Trinajstić information content (AvgIpc) is 3.10. The van der Waals surface area contributed by atoms with E-state index in [-0.39, 0.29) is 26.2 Å². The molecule has 1 unspecified atom stereocenters.